The summed E-state index contributed by atoms with van der Waals surface area (Å²) in [7, 11) is 0. The van der Waals surface area contributed by atoms with Crippen LogP contribution in [0.15, 0.2) is 0 Å². The molecule has 0 saturated heterocycles. The average Bonchev–Trinajstić information content (AvgIpc) is 2.01. The maximum Gasteiger partial charge on any atom is 0.225 e. The molecule has 0 aliphatic heterocycles. The molecule has 76 valence electrons. The van der Waals surface area contributed by atoms with E-state index < -0.39 is 0 Å². The lowest BCUT2D eigenvalue weighted by atomic mass is 9.80. The van der Waals surface area contributed by atoms with Gasteiger partial charge in [-0.1, -0.05) is 27.7 Å². The molecular formula is C11H21NO. The van der Waals surface area contributed by atoms with Crippen molar-refractivity contribution in [3.8, 4) is 0 Å². The third-order valence-electron chi connectivity index (χ3n) is 3.21. The molecule has 2 nitrogen and oxygen atoms in total. The molecule has 1 aliphatic rings. The van der Waals surface area contributed by atoms with Crippen LogP contribution in [0.1, 0.15) is 47.0 Å². The monoisotopic (exact) mass is 183 g/mol. The summed E-state index contributed by atoms with van der Waals surface area (Å²) in [5, 5.41) is 3.10. The van der Waals surface area contributed by atoms with Gasteiger partial charge < -0.3 is 5.32 Å². The summed E-state index contributed by atoms with van der Waals surface area (Å²) in [6, 6.07) is 0.452. The van der Waals surface area contributed by atoms with Crippen LogP contribution < -0.4 is 5.32 Å². The Morgan fingerprint density at radius 3 is 2.38 bits per heavy atom. The van der Waals surface area contributed by atoms with E-state index in [0.29, 0.717) is 6.04 Å². The van der Waals surface area contributed by atoms with Crippen molar-refractivity contribution in [1.82, 2.24) is 5.32 Å². The molecule has 1 aliphatic carbocycles. The number of nitrogens with one attached hydrogen (secondary N) is 1. The summed E-state index contributed by atoms with van der Waals surface area (Å²) in [4.78, 5) is 11.7. The van der Waals surface area contributed by atoms with E-state index in [1.165, 1.54) is 0 Å². The lowest BCUT2D eigenvalue weighted by Crippen LogP contribution is -2.48. The predicted molar refractivity (Wildman–Crippen MR) is 54.4 cm³/mol. The first-order chi connectivity index (χ1) is 5.95. The Morgan fingerprint density at radius 2 is 2.00 bits per heavy atom. The van der Waals surface area contributed by atoms with Crippen LogP contribution >= 0.6 is 0 Å². The molecule has 0 heterocycles. The lowest BCUT2D eigenvalue weighted by molar-refractivity contribution is -0.131. The van der Waals surface area contributed by atoms with Gasteiger partial charge in [0.15, 0.2) is 0 Å². The van der Waals surface area contributed by atoms with Gasteiger partial charge in [0, 0.05) is 11.5 Å². The smallest absolute Gasteiger partial charge is 0.225 e. The van der Waals surface area contributed by atoms with Crippen molar-refractivity contribution in [2.45, 2.75) is 53.0 Å². The van der Waals surface area contributed by atoms with E-state index in [9.17, 15) is 4.79 Å². The zero-order valence-corrected chi connectivity index (χ0v) is 9.18. The van der Waals surface area contributed by atoms with Crippen LogP contribution in [0.2, 0.25) is 0 Å². The van der Waals surface area contributed by atoms with Gasteiger partial charge in [-0.3, -0.25) is 4.79 Å². The Labute approximate surface area is 81.1 Å². The fourth-order valence-corrected chi connectivity index (χ4v) is 1.56. The number of rotatable bonds is 3. The summed E-state index contributed by atoms with van der Waals surface area (Å²) in [6.07, 6.45) is 3.22. The van der Waals surface area contributed by atoms with Gasteiger partial charge in [0.25, 0.3) is 0 Å². The molecule has 0 radical (unpaired) electrons. The van der Waals surface area contributed by atoms with Gasteiger partial charge in [-0.05, 0) is 25.2 Å². The van der Waals surface area contributed by atoms with Crippen molar-refractivity contribution in [2.75, 3.05) is 0 Å². The summed E-state index contributed by atoms with van der Waals surface area (Å²) in [5.41, 5.74) is -0.196. The minimum Gasteiger partial charge on any atom is -0.353 e. The highest BCUT2D eigenvalue weighted by Crippen LogP contribution is 2.28. The molecule has 2 heteroatoms. The summed E-state index contributed by atoms with van der Waals surface area (Å²) in [5.74, 6) is 1.02. The zero-order chi connectivity index (χ0) is 10.1. The molecule has 0 spiro atoms. The van der Waals surface area contributed by atoms with E-state index in [1.54, 1.807) is 0 Å². The van der Waals surface area contributed by atoms with Gasteiger partial charge in [0.05, 0.1) is 0 Å². The third-order valence-corrected chi connectivity index (χ3v) is 3.21. The minimum atomic E-state index is -0.196. The number of carbonyl (C=O) groups excluding carboxylic acids is 1. The Morgan fingerprint density at radius 1 is 1.46 bits per heavy atom. The third kappa shape index (κ3) is 2.45. The first-order valence-corrected chi connectivity index (χ1v) is 5.26. The molecule has 1 N–H and O–H groups in total. The van der Waals surface area contributed by atoms with Gasteiger partial charge in [-0.2, -0.15) is 0 Å². The van der Waals surface area contributed by atoms with Crippen LogP contribution in [-0.4, -0.2) is 11.9 Å². The highest BCUT2D eigenvalue weighted by Gasteiger charge is 2.31. The Hall–Kier alpha value is -0.530. The second kappa shape index (κ2) is 3.69. The maximum atomic E-state index is 11.7. The van der Waals surface area contributed by atoms with Crippen LogP contribution in [0.25, 0.3) is 0 Å². The molecule has 0 aromatic rings. The van der Waals surface area contributed by atoms with E-state index in [2.05, 4.69) is 19.2 Å². The fraction of sp³-hybridized carbons (Fsp3) is 0.909. The van der Waals surface area contributed by atoms with Gasteiger partial charge >= 0.3 is 0 Å². The van der Waals surface area contributed by atoms with E-state index in [1.807, 2.05) is 13.8 Å². The van der Waals surface area contributed by atoms with Crippen LogP contribution in [0.5, 0.6) is 0 Å². The Bertz CT molecular complexity index is 192. The molecule has 0 bridgehead atoms. The Balaban J connectivity index is 2.33. The molecule has 0 unspecified atom stereocenters. The van der Waals surface area contributed by atoms with E-state index in [0.717, 1.165) is 25.2 Å². The molecule has 1 amide bonds. The highest BCUT2D eigenvalue weighted by molar-refractivity contribution is 5.82. The van der Waals surface area contributed by atoms with Crippen molar-refractivity contribution in [3.63, 3.8) is 0 Å². The van der Waals surface area contributed by atoms with Gasteiger partial charge in [0.1, 0.15) is 0 Å². The van der Waals surface area contributed by atoms with Gasteiger partial charge in [0.2, 0.25) is 5.91 Å². The first-order valence-electron chi connectivity index (χ1n) is 5.26. The van der Waals surface area contributed by atoms with Crippen LogP contribution in [0, 0.1) is 11.3 Å². The van der Waals surface area contributed by atoms with E-state index in [-0.39, 0.29) is 11.3 Å². The SMILES string of the molecule is CCC(C)(C)C(=O)NC1CC(C)C1. The zero-order valence-electron chi connectivity index (χ0n) is 9.18. The fourth-order valence-electron chi connectivity index (χ4n) is 1.56. The topological polar surface area (TPSA) is 29.1 Å². The standard InChI is InChI=1S/C11H21NO/c1-5-11(3,4)10(13)12-9-6-8(2)7-9/h8-9H,5-7H2,1-4H3,(H,12,13). The second-order valence-corrected chi connectivity index (χ2v) is 4.98. The quantitative estimate of drug-likeness (QED) is 0.715. The van der Waals surface area contributed by atoms with E-state index in [4.69, 9.17) is 0 Å². The molecule has 1 saturated carbocycles. The van der Waals surface area contributed by atoms with Gasteiger partial charge in [-0.15, -0.1) is 0 Å². The van der Waals surface area contributed by atoms with Crippen LogP contribution in [-0.2, 0) is 4.79 Å². The summed E-state index contributed by atoms with van der Waals surface area (Å²) >= 11 is 0. The Kier molecular flexibility index (Phi) is 2.99. The number of hydrogen-bond acceptors (Lipinski definition) is 1. The predicted octanol–water partition coefficient (Wildman–Crippen LogP) is 2.34. The number of amides is 1. The molecule has 0 atom stereocenters. The van der Waals surface area contributed by atoms with Crippen molar-refractivity contribution in [2.24, 2.45) is 11.3 Å². The van der Waals surface area contributed by atoms with Gasteiger partial charge in [-0.25, -0.2) is 0 Å². The van der Waals surface area contributed by atoms with Crippen LogP contribution in [0.3, 0.4) is 0 Å². The van der Waals surface area contributed by atoms with Crippen molar-refractivity contribution in [3.05, 3.63) is 0 Å². The molecule has 0 aromatic heterocycles. The van der Waals surface area contributed by atoms with Crippen LogP contribution in [0.4, 0.5) is 0 Å². The second-order valence-electron chi connectivity index (χ2n) is 4.98. The molecule has 1 rings (SSSR count). The minimum absolute atomic E-state index is 0.196. The lowest BCUT2D eigenvalue weighted by Gasteiger charge is -2.35. The maximum absolute atomic E-state index is 11.7. The van der Waals surface area contributed by atoms with Crippen molar-refractivity contribution in [1.29, 1.82) is 0 Å². The summed E-state index contributed by atoms with van der Waals surface area (Å²) in [6.45, 7) is 8.30. The molecule has 1 fully saturated rings. The largest absolute Gasteiger partial charge is 0.353 e. The average molecular weight is 183 g/mol. The van der Waals surface area contributed by atoms with Crippen molar-refractivity contribution >= 4 is 5.91 Å². The normalized spacial score (nSPS) is 28.0. The molecule has 0 aromatic carbocycles. The summed E-state index contributed by atoms with van der Waals surface area (Å²) < 4.78 is 0. The molecular weight excluding hydrogens is 162 g/mol. The number of carbonyl (C=O) groups is 1. The number of hydrogen-bond donors (Lipinski definition) is 1. The molecule has 13 heavy (non-hydrogen) atoms. The first kappa shape index (κ1) is 10.6. The van der Waals surface area contributed by atoms with E-state index >= 15 is 0 Å². The van der Waals surface area contributed by atoms with Crippen molar-refractivity contribution < 1.29 is 4.79 Å². The highest BCUT2D eigenvalue weighted by atomic mass is 16.2.